The molecule has 0 unspecified atom stereocenters. The van der Waals surface area contributed by atoms with Gasteiger partial charge in [0.15, 0.2) is 0 Å². The zero-order valence-corrected chi connectivity index (χ0v) is 34.1. The van der Waals surface area contributed by atoms with Gasteiger partial charge in [0.2, 0.25) is 17.7 Å². The molecule has 0 N–H and O–H groups in total. The summed E-state index contributed by atoms with van der Waals surface area (Å²) in [5.41, 5.74) is 15.9. The van der Waals surface area contributed by atoms with Gasteiger partial charge in [0.1, 0.15) is 17.2 Å². The molecule has 5 nitrogen and oxygen atoms in total. The van der Waals surface area contributed by atoms with E-state index in [1.807, 2.05) is 41.1 Å². The van der Waals surface area contributed by atoms with E-state index in [4.69, 9.17) is 14.8 Å². The summed E-state index contributed by atoms with van der Waals surface area (Å²) in [6.45, 7) is 0. The summed E-state index contributed by atoms with van der Waals surface area (Å²) in [4.78, 5) is 5.38. The van der Waals surface area contributed by atoms with E-state index in [1.54, 1.807) is 0 Å². The molecule has 0 fully saturated rings. The maximum absolute atomic E-state index is 6.72. The Kier molecular flexibility index (Phi) is 7.75. The van der Waals surface area contributed by atoms with Crippen LogP contribution in [0.3, 0.4) is 0 Å². The van der Waals surface area contributed by atoms with Gasteiger partial charge in [-0.25, -0.2) is 4.98 Å². The molecule has 2 aromatic heterocycles. The van der Waals surface area contributed by atoms with E-state index in [0.717, 1.165) is 67.5 Å². The summed E-state index contributed by atoms with van der Waals surface area (Å²) >= 11 is 0. The highest BCUT2D eigenvalue weighted by molar-refractivity contribution is 6.10. The van der Waals surface area contributed by atoms with Crippen LogP contribution in [0.25, 0.3) is 78.1 Å². The molecule has 0 radical (unpaired) electrons. The highest BCUT2D eigenvalue weighted by Crippen LogP contribution is 2.63. The second-order valence-corrected chi connectivity index (χ2v) is 16.3. The summed E-state index contributed by atoms with van der Waals surface area (Å²) in [5.74, 6) is 2.38. The number of aromatic nitrogens is 4. The lowest BCUT2D eigenvalue weighted by Gasteiger charge is -2.39. The van der Waals surface area contributed by atoms with Crippen LogP contribution in [0.1, 0.15) is 22.3 Å². The molecular weight excluding hydrogens is 769 g/mol. The smallest absolute Gasteiger partial charge is 0.238 e. The third kappa shape index (κ3) is 5.27. The summed E-state index contributed by atoms with van der Waals surface area (Å²) in [6.07, 6.45) is 2.08. The Morgan fingerprint density at radius 2 is 1.06 bits per heavy atom. The van der Waals surface area contributed by atoms with E-state index >= 15 is 0 Å². The minimum absolute atomic E-state index is 0.650. The average molecular weight is 806 g/mol. The monoisotopic (exact) mass is 805 g/mol. The Hall–Kier alpha value is -8.41. The van der Waals surface area contributed by atoms with E-state index in [2.05, 4.69) is 193 Å². The van der Waals surface area contributed by atoms with E-state index in [1.165, 1.54) is 38.5 Å². The quantitative estimate of drug-likeness (QED) is 0.163. The minimum Gasteiger partial charge on any atom is -0.457 e. The molecule has 1 spiro atoms. The number of ether oxygens (including phenoxy) is 1. The Morgan fingerprint density at radius 3 is 1.84 bits per heavy atom. The van der Waals surface area contributed by atoms with Crippen molar-refractivity contribution >= 4 is 21.8 Å². The average Bonchev–Trinajstić information content (AvgIpc) is 3.85. The van der Waals surface area contributed by atoms with Gasteiger partial charge in [-0.2, -0.15) is 0 Å². The van der Waals surface area contributed by atoms with Gasteiger partial charge in [-0.15, -0.1) is 0 Å². The zero-order chi connectivity index (χ0) is 41.5. The van der Waals surface area contributed by atoms with Crippen LogP contribution in [-0.2, 0) is 5.41 Å². The lowest BCUT2D eigenvalue weighted by atomic mass is 9.66. The van der Waals surface area contributed by atoms with Gasteiger partial charge in [-0.3, -0.25) is 0 Å². The maximum atomic E-state index is 6.72. The lowest BCUT2D eigenvalue weighted by molar-refractivity contribution is -0.658. The fourth-order valence-electron chi connectivity index (χ4n) is 10.3. The van der Waals surface area contributed by atoms with Crippen LogP contribution in [0.4, 0.5) is 0 Å². The van der Waals surface area contributed by atoms with Crippen molar-refractivity contribution in [2.24, 2.45) is 0 Å². The van der Waals surface area contributed by atoms with Gasteiger partial charge in [-0.05, 0) is 86.6 Å². The van der Waals surface area contributed by atoms with Crippen LogP contribution in [0.2, 0.25) is 0 Å². The van der Waals surface area contributed by atoms with Crippen molar-refractivity contribution < 1.29 is 9.42 Å². The van der Waals surface area contributed by atoms with Crippen molar-refractivity contribution in [3.63, 3.8) is 0 Å². The van der Waals surface area contributed by atoms with Gasteiger partial charge >= 0.3 is 0 Å². The third-order valence-corrected chi connectivity index (χ3v) is 13.0. The van der Waals surface area contributed by atoms with Crippen LogP contribution in [0.15, 0.2) is 225 Å². The van der Waals surface area contributed by atoms with Crippen LogP contribution < -0.4 is 9.42 Å². The SMILES string of the molecule is c1ccc(-c2nc(-c3cccc4c3-c3cc(-c5ccc6c(c5)c5ccccc5n6-c5ccccc5)ccc3C43c4ccccc4Oc4ccccc43)c[n+](-c3ccccc3)n2)cc1. The number of hydrogen-bond acceptors (Lipinski definition) is 3. The van der Waals surface area contributed by atoms with E-state index in [-0.39, 0.29) is 0 Å². The molecule has 9 aromatic carbocycles. The molecule has 0 saturated carbocycles. The van der Waals surface area contributed by atoms with E-state index in [9.17, 15) is 0 Å². The molecule has 1 aliphatic heterocycles. The van der Waals surface area contributed by atoms with Crippen molar-refractivity contribution in [3.8, 4) is 67.8 Å². The summed E-state index contributed by atoms with van der Waals surface area (Å²) in [5, 5.41) is 7.54. The van der Waals surface area contributed by atoms with Gasteiger partial charge < -0.3 is 9.30 Å². The molecule has 0 amide bonds. The predicted octanol–water partition coefficient (Wildman–Crippen LogP) is 13.3. The predicted molar refractivity (Wildman–Crippen MR) is 252 cm³/mol. The van der Waals surface area contributed by atoms with Gasteiger partial charge in [-0.1, -0.05) is 158 Å². The Balaban J connectivity index is 1.09. The Bertz CT molecular complexity index is 3490. The second kappa shape index (κ2) is 13.8. The summed E-state index contributed by atoms with van der Waals surface area (Å²) in [6, 6.07) is 77.7. The zero-order valence-electron chi connectivity index (χ0n) is 34.1. The Morgan fingerprint density at radius 1 is 0.444 bits per heavy atom. The number of benzene rings is 9. The Labute approximate surface area is 364 Å². The highest BCUT2D eigenvalue weighted by atomic mass is 16.5. The van der Waals surface area contributed by atoms with Crippen molar-refractivity contribution in [1.29, 1.82) is 0 Å². The molecule has 0 bridgehead atoms. The van der Waals surface area contributed by atoms with Crippen molar-refractivity contribution in [2.75, 3.05) is 0 Å². The molecule has 0 atom stereocenters. The number of rotatable bonds is 5. The first-order valence-corrected chi connectivity index (χ1v) is 21.4. The van der Waals surface area contributed by atoms with E-state index < -0.39 is 5.41 Å². The largest absolute Gasteiger partial charge is 0.457 e. The lowest BCUT2D eigenvalue weighted by Crippen LogP contribution is -2.36. The van der Waals surface area contributed by atoms with Gasteiger partial charge in [0.05, 0.1) is 16.4 Å². The molecule has 0 saturated heterocycles. The van der Waals surface area contributed by atoms with Crippen molar-refractivity contribution in [2.45, 2.75) is 5.41 Å². The normalized spacial score (nSPS) is 13.0. The summed E-state index contributed by atoms with van der Waals surface area (Å²) < 4.78 is 11.1. The summed E-state index contributed by atoms with van der Waals surface area (Å²) in [7, 11) is 0. The van der Waals surface area contributed by atoms with Crippen LogP contribution in [0, 0.1) is 0 Å². The molecule has 63 heavy (non-hydrogen) atoms. The second-order valence-electron chi connectivity index (χ2n) is 16.3. The van der Waals surface area contributed by atoms with Crippen molar-refractivity contribution in [3.05, 3.63) is 247 Å². The number of para-hydroxylation sites is 5. The first-order valence-electron chi connectivity index (χ1n) is 21.4. The first kappa shape index (κ1) is 35.4. The fraction of sp³-hybridized carbons (Fsp3) is 0.0172. The topological polar surface area (TPSA) is 43.8 Å². The number of fused-ring (bicyclic) bond motifs is 12. The fourth-order valence-corrected chi connectivity index (χ4v) is 10.3. The number of nitrogens with zero attached hydrogens (tertiary/aromatic N) is 4. The first-order chi connectivity index (χ1) is 31.2. The van der Waals surface area contributed by atoms with Crippen LogP contribution in [0.5, 0.6) is 11.5 Å². The maximum Gasteiger partial charge on any atom is 0.238 e. The standard InChI is InChI=1S/C58H37N4O/c1-4-17-38(18-5-1)57-59-51(37-61(60-57)41-19-6-2-7-20-41)44-24-16-27-50-56(44)46-36-39(31-33-47(46)58(50)48-25-11-14-29-54(48)63-55-30-15-12-26-49(55)58)40-32-34-53-45(35-40)43-23-10-13-28-52(43)62(53)42-21-8-3-9-22-42/h1-37H/q+1. The van der Waals surface area contributed by atoms with Gasteiger partial charge in [0, 0.05) is 55.9 Å². The molecule has 5 heteroatoms. The molecule has 3 heterocycles. The molecule has 294 valence electrons. The van der Waals surface area contributed by atoms with E-state index in [0.29, 0.717) is 5.82 Å². The third-order valence-electron chi connectivity index (χ3n) is 13.0. The minimum atomic E-state index is -0.650. The molecule has 2 aliphatic rings. The van der Waals surface area contributed by atoms with Crippen LogP contribution >= 0.6 is 0 Å². The molecular formula is C58H37N4O+. The highest BCUT2D eigenvalue weighted by Gasteiger charge is 2.52. The van der Waals surface area contributed by atoms with Gasteiger partial charge in [0.25, 0.3) is 0 Å². The van der Waals surface area contributed by atoms with Crippen molar-refractivity contribution in [1.82, 2.24) is 14.6 Å². The molecule has 11 aromatic rings. The van der Waals surface area contributed by atoms with Crippen LogP contribution in [-0.4, -0.2) is 14.6 Å². The number of hydrogen-bond donors (Lipinski definition) is 0. The molecule has 13 rings (SSSR count). The molecule has 1 aliphatic carbocycles.